The summed E-state index contributed by atoms with van der Waals surface area (Å²) in [7, 11) is 0. The van der Waals surface area contributed by atoms with Gasteiger partial charge in [-0.05, 0) is 104 Å². The highest BCUT2D eigenvalue weighted by molar-refractivity contribution is 5.65. The van der Waals surface area contributed by atoms with Gasteiger partial charge in [-0.25, -0.2) is 4.39 Å². The van der Waals surface area contributed by atoms with Crippen molar-refractivity contribution in [1.82, 2.24) is 0 Å². The third kappa shape index (κ3) is 8.27. The first-order valence-electron chi connectivity index (χ1n) is 15.0. The number of allylic oxidation sites excluding steroid dienone is 2. The normalized spacial score (nSPS) is 17.5. The van der Waals surface area contributed by atoms with Crippen LogP contribution in [0.5, 0.6) is 5.75 Å². The Morgan fingerprint density at radius 3 is 2.13 bits per heavy atom. The number of benzene rings is 3. The van der Waals surface area contributed by atoms with Gasteiger partial charge in [-0.2, -0.15) is 4.39 Å². The van der Waals surface area contributed by atoms with Gasteiger partial charge >= 0.3 is 0 Å². The summed E-state index contributed by atoms with van der Waals surface area (Å²) in [6.45, 7) is 4.56. The summed E-state index contributed by atoms with van der Waals surface area (Å²) in [5.41, 5.74) is 5.14. The van der Waals surface area contributed by atoms with Crippen LogP contribution in [-0.4, -0.2) is 6.61 Å². The molecule has 0 heterocycles. The Labute approximate surface area is 234 Å². The van der Waals surface area contributed by atoms with Crippen molar-refractivity contribution in [2.24, 2.45) is 5.92 Å². The van der Waals surface area contributed by atoms with E-state index in [1.807, 2.05) is 31.2 Å². The Kier molecular flexibility index (Phi) is 11.2. The highest BCUT2D eigenvalue weighted by atomic mass is 19.2. The van der Waals surface area contributed by atoms with Crippen molar-refractivity contribution in [3.63, 3.8) is 0 Å². The second-order valence-electron chi connectivity index (χ2n) is 11.1. The maximum Gasteiger partial charge on any atom is 0.201 e. The molecule has 3 aromatic carbocycles. The summed E-state index contributed by atoms with van der Waals surface area (Å²) in [6.07, 6.45) is 17.6. The lowest BCUT2D eigenvalue weighted by Gasteiger charge is -2.27. The van der Waals surface area contributed by atoms with E-state index in [2.05, 4.69) is 43.3 Å². The molecule has 3 heteroatoms. The van der Waals surface area contributed by atoms with Gasteiger partial charge in [0.25, 0.3) is 0 Å². The van der Waals surface area contributed by atoms with Crippen molar-refractivity contribution in [1.29, 1.82) is 0 Å². The molecule has 0 spiro atoms. The first-order valence-corrected chi connectivity index (χ1v) is 15.0. The summed E-state index contributed by atoms with van der Waals surface area (Å²) in [5, 5.41) is 0. The molecule has 1 nitrogen and oxygen atoms in total. The van der Waals surface area contributed by atoms with Crippen molar-refractivity contribution in [3.8, 4) is 16.9 Å². The molecule has 0 saturated heterocycles. The average Bonchev–Trinajstić information content (AvgIpc) is 2.97. The average molecular weight is 531 g/mol. The van der Waals surface area contributed by atoms with Gasteiger partial charge in [0.05, 0.1) is 6.61 Å². The first-order chi connectivity index (χ1) is 19.1. The summed E-state index contributed by atoms with van der Waals surface area (Å²) >= 11 is 0. The second-order valence-corrected chi connectivity index (χ2v) is 11.1. The monoisotopic (exact) mass is 530 g/mol. The van der Waals surface area contributed by atoms with Crippen molar-refractivity contribution in [2.45, 2.75) is 90.4 Å². The number of hydrogen-bond acceptors (Lipinski definition) is 1. The number of ether oxygens (including phenoxy) is 1. The molecule has 1 aliphatic rings. The number of aryl methyl sites for hydroxylation is 2. The molecule has 0 atom stereocenters. The van der Waals surface area contributed by atoms with Crippen LogP contribution in [-0.2, 0) is 12.8 Å². The number of hydrogen-bond donors (Lipinski definition) is 0. The Morgan fingerprint density at radius 1 is 0.744 bits per heavy atom. The molecule has 0 aliphatic heterocycles. The molecular weight excluding hydrogens is 486 g/mol. The molecule has 0 unspecified atom stereocenters. The lowest BCUT2D eigenvalue weighted by atomic mass is 9.78. The summed E-state index contributed by atoms with van der Waals surface area (Å²) in [6, 6.07) is 20.3. The molecule has 3 aromatic rings. The topological polar surface area (TPSA) is 9.23 Å². The van der Waals surface area contributed by atoms with Gasteiger partial charge in [-0.15, -0.1) is 0 Å². The van der Waals surface area contributed by atoms with Crippen molar-refractivity contribution in [3.05, 3.63) is 101 Å². The minimum Gasteiger partial charge on any atom is -0.490 e. The minimum atomic E-state index is -0.917. The van der Waals surface area contributed by atoms with Gasteiger partial charge in [-0.1, -0.05) is 87.4 Å². The van der Waals surface area contributed by atoms with Gasteiger partial charge in [0, 0.05) is 5.56 Å². The Balaban J connectivity index is 1.21. The van der Waals surface area contributed by atoms with E-state index in [-0.39, 0.29) is 11.3 Å². The fourth-order valence-corrected chi connectivity index (χ4v) is 5.65. The van der Waals surface area contributed by atoms with Crippen LogP contribution in [0.25, 0.3) is 11.1 Å². The van der Waals surface area contributed by atoms with Gasteiger partial charge in [0.15, 0.2) is 11.6 Å². The van der Waals surface area contributed by atoms with Crippen molar-refractivity contribution >= 4 is 0 Å². The van der Waals surface area contributed by atoms with Crippen LogP contribution < -0.4 is 4.74 Å². The highest BCUT2D eigenvalue weighted by Crippen LogP contribution is 2.36. The van der Waals surface area contributed by atoms with E-state index >= 15 is 0 Å². The number of halogens is 2. The Hall–Kier alpha value is -2.94. The molecular formula is C36H44F2O. The molecule has 39 heavy (non-hydrogen) atoms. The van der Waals surface area contributed by atoms with Crippen LogP contribution >= 0.6 is 0 Å². The van der Waals surface area contributed by atoms with Crippen molar-refractivity contribution in [2.75, 3.05) is 6.61 Å². The van der Waals surface area contributed by atoms with Crippen LogP contribution in [0, 0.1) is 17.6 Å². The van der Waals surface area contributed by atoms with Crippen LogP contribution in [0.2, 0.25) is 0 Å². The van der Waals surface area contributed by atoms with E-state index in [9.17, 15) is 8.78 Å². The van der Waals surface area contributed by atoms with Crippen LogP contribution in [0.1, 0.15) is 94.2 Å². The predicted molar refractivity (Wildman–Crippen MR) is 159 cm³/mol. The van der Waals surface area contributed by atoms with Gasteiger partial charge in [-0.3, -0.25) is 0 Å². The zero-order chi connectivity index (χ0) is 27.5. The van der Waals surface area contributed by atoms with E-state index in [0.29, 0.717) is 24.0 Å². The lowest BCUT2D eigenvalue weighted by Crippen LogP contribution is -2.11. The molecule has 4 rings (SSSR count). The van der Waals surface area contributed by atoms with Crippen molar-refractivity contribution < 1.29 is 13.5 Å². The van der Waals surface area contributed by atoms with Crippen LogP contribution in [0.15, 0.2) is 72.8 Å². The first kappa shape index (κ1) is 29.1. The van der Waals surface area contributed by atoms with E-state index < -0.39 is 11.6 Å². The molecule has 1 fully saturated rings. The zero-order valence-electron chi connectivity index (χ0n) is 23.7. The molecule has 1 aliphatic carbocycles. The van der Waals surface area contributed by atoms with E-state index in [0.717, 1.165) is 19.3 Å². The number of unbranched alkanes of at least 4 members (excludes halogenated alkanes) is 2. The minimum absolute atomic E-state index is 0.0261. The largest absolute Gasteiger partial charge is 0.490 e. The predicted octanol–water partition coefficient (Wildman–Crippen LogP) is 10.6. The second kappa shape index (κ2) is 15.0. The highest BCUT2D eigenvalue weighted by Gasteiger charge is 2.21. The maximum atomic E-state index is 14.6. The van der Waals surface area contributed by atoms with Crippen LogP contribution in [0.3, 0.4) is 0 Å². The molecule has 0 radical (unpaired) electrons. The van der Waals surface area contributed by atoms with E-state index in [1.54, 1.807) is 6.07 Å². The van der Waals surface area contributed by atoms with E-state index in [1.165, 1.54) is 74.1 Å². The summed E-state index contributed by atoms with van der Waals surface area (Å²) in [5.74, 6) is -0.412. The molecule has 0 aromatic heterocycles. The molecule has 0 N–H and O–H groups in total. The Bertz CT molecular complexity index is 1170. The van der Waals surface area contributed by atoms with Gasteiger partial charge in [0.2, 0.25) is 5.82 Å². The maximum absolute atomic E-state index is 14.6. The molecule has 0 bridgehead atoms. The fraction of sp³-hybridized carbons (Fsp3) is 0.444. The third-order valence-electron chi connectivity index (χ3n) is 8.07. The SMILES string of the molecule is CCCCCc1ccc(C2CCC(C=CCCc3ccc(-c4ccc(OCCC)c(F)c4F)cc3)CC2)cc1. The third-order valence-corrected chi connectivity index (χ3v) is 8.07. The summed E-state index contributed by atoms with van der Waals surface area (Å²) < 4.78 is 34.3. The Morgan fingerprint density at radius 2 is 1.44 bits per heavy atom. The molecule has 0 amide bonds. The molecule has 208 valence electrons. The van der Waals surface area contributed by atoms with Gasteiger partial charge < -0.3 is 4.74 Å². The fourth-order valence-electron chi connectivity index (χ4n) is 5.65. The molecule has 1 saturated carbocycles. The smallest absolute Gasteiger partial charge is 0.201 e. The van der Waals surface area contributed by atoms with Crippen LogP contribution in [0.4, 0.5) is 8.78 Å². The zero-order valence-corrected chi connectivity index (χ0v) is 23.7. The standard InChI is InChI=1S/C36H44F2O/c1-3-5-6-9-27-12-18-30(19-13-27)31-20-14-28(15-21-31)10-7-8-11-29-16-22-32(23-17-29)33-24-25-34(39-26-4-2)36(38)35(33)37/h7,10,12-13,16-19,22-25,28,31H,3-6,8-9,11,14-15,20-21,26H2,1-2H3. The summed E-state index contributed by atoms with van der Waals surface area (Å²) in [4.78, 5) is 0. The van der Waals surface area contributed by atoms with Gasteiger partial charge in [0.1, 0.15) is 0 Å². The number of rotatable bonds is 13. The quantitative estimate of drug-likeness (QED) is 0.158. The van der Waals surface area contributed by atoms with E-state index in [4.69, 9.17) is 4.74 Å². The lowest BCUT2D eigenvalue weighted by molar-refractivity contribution is 0.295.